The first-order valence-corrected chi connectivity index (χ1v) is 11.4. The van der Waals surface area contributed by atoms with Gasteiger partial charge in [0, 0.05) is 25.2 Å². The van der Waals surface area contributed by atoms with Crippen molar-refractivity contribution in [3.63, 3.8) is 0 Å². The van der Waals surface area contributed by atoms with Crippen molar-refractivity contribution in [2.45, 2.75) is 15.0 Å². The van der Waals surface area contributed by atoms with Gasteiger partial charge in [-0.1, -0.05) is 53.4 Å². The van der Waals surface area contributed by atoms with Crippen molar-refractivity contribution in [3.05, 3.63) is 60.4 Å². The van der Waals surface area contributed by atoms with Crippen LogP contribution in [0.25, 0.3) is 0 Å². The topological polar surface area (TPSA) is 105 Å². The van der Waals surface area contributed by atoms with Crippen LogP contribution < -0.4 is 5.32 Å². The molecule has 0 atom stereocenters. The SMILES string of the molecule is CN(CC(=O)Nc1nnc(SCc2ccccc2)s1)S(=O)(=O)c1cccnc1. The molecule has 0 saturated heterocycles. The van der Waals surface area contributed by atoms with E-state index in [0.717, 1.165) is 20.0 Å². The molecule has 28 heavy (non-hydrogen) atoms. The van der Waals surface area contributed by atoms with Crippen LogP contribution in [0, 0.1) is 0 Å². The van der Waals surface area contributed by atoms with Crippen LogP contribution in [0.4, 0.5) is 5.13 Å². The molecule has 1 amide bonds. The van der Waals surface area contributed by atoms with E-state index in [-0.39, 0.29) is 11.4 Å². The number of hydrogen-bond donors (Lipinski definition) is 1. The maximum absolute atomic E-state index is 12.4. The van der Waals surface area contributed by atoms with Gasteiger partial charge >= 0.3 is 0 Å². The van der Waals surface area contributed by atoms with Gasteiger partial charge in [0.1, 0.15) is 4.90 Å². The average Bonchev–Trinajstić information content (AvgIpc) is 3.15. The molecular formula is C17H17N5O3S3. The first-order valence-electron chi connectivity index (χ1n) is 8.11. The molecule has 0 bridgehead atoms. The van der Waals surface area contributed by atoms with Gasteiger partial charge in [0.2, 0.25) is 21.1 Å². The fourth-order valence-electron chi connectivity index (χ4n) is 2.16. The minimum atomic E-state index is -3.79. The second kappa shape index (κ2) is 9.24. The Balaban J connectivity index is 1.54. The molecule has 0 aliphatic rings. The second-order valence-corrected chi connectivity index (χ2v) is 9.89. The summed E-state index contributed by atoms with van der Waals surface area (Å²) >= 11 is 2.76. The highest BCUT2D eigenvalue weighted by atomic mass is 32.2. The largest absolute Gasteiger partial charge is 0.299 e. The number of anilines is 1. The van der Waals surface area contributed by atoms with Gasteiger partial charge in [-0.25, -0.2) is 8.42 Å². The normalized spacial score (nSPS) is 11.5. The van der Waals surface area contributed by atoms with Gasteiger partial charge in [0.15, 0.2) is 4.34 Å². The van der Waals surface area contributed by atoms with Crippen LogP contribution >= 0.6 is 23.1 Å². The number of sulfonamides is 1. The molecule has 0 aliphatic heterocycles. The van der Waals surface area contributed by atoms with Crippen LogP contribution in [-0.2, 0) is 20.6 Å². The van der Waals surface area contributed by atoms with Crippen molar-refractivity contribution in [1.29, 1.82) is 0 Å². The Morgan fingerprint density at radius 3 is 2.68 bits per heavy atom. The molecule has 0 unspecified atom stereocenters. The van der Waals surface area contributed by atoms with Gasteiger partial charge in [-0.2, -0.15) is 4.31 Å². The van der Waals surface area contributed by atoms with Crippen LogP contribution in [-0.4, -0.2) is 47.4 Å². The number of rotatable bonds is 8. The smallest absolute Gasteiger partial charge is 0.244 e. The Kier molecular flexibility index (Phi) is 6.73. The van der Waals surface area contributed by atoms with Gasteiger partial charge in [-0.3, -0.25) is 15.1 Å². The summed E-state index contributed by atoms with van der Waals surface area (Å²) in [6.45, 7) is -0.344. The monoisotopic (exact) mass is 435 g/mol. The molecule has 2 heterocycles. The zero-order valence-electron chi connectivity index (χ0n) is 14.8. The fraction of sp³-hybridized carbons (Fsp3) is 0.176. The summed E-state index contributed by atoms with van der Waals surface area (Å²) < 4.78 is 26.5. The molecular weight excluding hydrogens is 418 g/mol. The summed E-state index contributed by atoms with van der Waals surface area (Å²) in [6, 6.07) is 12.9. The number of hydrogen-bond acceptors (Lipinski definition) is 8. The highest BCUT2D eigenvalue weighted by Crippen LogP contribution is 2.28. The number of carbonyl (C=O) groups excluding carboxylic acids is 1. The highest BCUT2D eigenvalue weighted by Gasteiger charge is 2.23. The minimum Gasteiger partial charge on any atom is -0.299 e. The summed E-state index contributed by atoms with van der Waals surface area (Å²) in [4.78, 5) is 16.0. The van der Waals surface area contributed by atoms with Gasteiger partial charge in [-0.15, -0.1) is 10.2 Å². The number of carbonyl (C=O) groups is 1. The van der Waals surface area contributed by atoms with Crippen LogP contribution in [0.5, 0.6) is 0 Å². The van der Waals surface area contributed by atoms with E-state index in [1.165, 1.54) is 54.7 Å². The Morgan fingerprint density at radius 1 is 1.18 bits per heavy atom. The van der Waals surface area contributed by atoms with E-state index in [1.54, 1.807) is 0 Å². The highest BCUT2D eigenvalue weighted by molar-refractivity contribution is 8.00. The minimum absolute atomic E-state index is 0.0285. The predicted octanol–water partition coefficient (Wildman–Crippen LogP) is 2.48. The van der Waals surface area contributed by atoms with Gasteiger partial charge in [0.05, 0.1) is 6.54 Å². The summed E-state index contributed by atoms with van der Waals surface area (Å²) in [5.41, 5.74) is 1.16. The Bertz CT molecular complexity index is 1030. The number of nitrogens with one attached hydrogen (secondary N) is 1. The summed E-state index contributed by atoms with van der Waals surface area (Å²) in [7, 11) is -2.45. The lowest BCUT2D eigenvalue weighted by atomic mass is 10.2. The third kappa shape index (κ3) is 5.35. The van der Waals surface area contributed by atoms with Crippen molar-refractivity contribution in [2.24, 2.45) is 0 Å². The molecule has 3 aromatic rings. The zero-order chi connectivity index (χ0) is 20.0. The van der Waals surface area contributed by atoms with E-state index in [1.807, 2.05) is 30.3 Å². The first-order chi connectivity index (χ1) is 13.4. The van der Waals surface area contributed by atoms with E-state index in [0.29, 0.717) is 5.13 Å². The number of benzene rings is 1. The molecule has 1 N–H and O–H groups in total. The summed E-state index contributed by atoms with van der Waals surface area (Å²) in [5, 5.41) is 10.9. The van der Waals surface area contributed by atoms with E-state index in [9.17, 15) is 13.2 Å². The molecule has 11 heteroatoms. The number of thioether (sulfide) groups is 1. The molecule has 0 radical (unpaired) electrons. The third-order valence-electron chi connectivity index (χ3n) is 3.57. The summed E-state index contributed by atoms with van der Waals surface area (Å²) in [5.74, 6) is 0.251. The van der Waals surface area contributed by atoms with Crippen molar-refractivity contribution in [3.8, 4) is 0 Å². The van der Waals surface area contributed by atoms with Crippen LogP contribution in [0.15, 0.2) is 64.1 Å². The van der Waals surface area contributed by atoms with Gasteiger partial charge in [0.25, 0.3) is 0 Å². The summed E-state index contributed by atoms with van der Waals surface area (Å²) in [6.07, 6.45) is 2.72. The average molecular weight is 436 g/mol. The molecule has 0 spiro atoms. The number of likely N-dealkylation sites (N-methyl/N-ethyl adjacent to an activating group) is 1. The fourth-order valence-corrected chi connectivity index (χ4v) is 4.98. The van der Waals surface area contributed by atoms with Crippen molar-refractivity contribution < 1.29 is 13.2 Å². The third-order valence-corrected chi connectivity index (χ3v) is 7.40. The standard InChI is InChI=1S/C17H17N5O3S3/c1-22(28(24,25)14-8-5-9-18-10-14)11-15(23)19-16-20-21-17(27-16)26-12-13-6-3-2-4-7-13/h2-10H,11-12H2,1H3,(H,19,20,23). The number of pyridine rings is 1. The van der Waals surface area contributed by atoms with Crippen molar-refractivity contribution in [1.82, 2.24) is 19.5 Å². The van der Waals surface area contributed by atoms with E-state index in [4.69, 9.17) is 0 Å². The molecule has 2 aromatic heterocycles. The van der Waals surface area contributed by atoms with Gasteiger partial charge in [-0.05, 0) is 17.7 Å². The van der Waals surface area contributed by atoms with Crippen molar-refractivity contribution in [2.75, 3.05) is 18.9 Å². The van der Waals surface area contributed by atoms with Crippen LogP contribution in [0.2, 0.25) is 0 Å². The first kappa shape index (κ1) is 20.4. The maximum atomic E-state index is 12.4. The predicted molar refractivity (Wildman–Crippen MR) is 109 cm³/mol. The Hall–Kier alpha value is -2.34. The Morgan fingerprint density at radius 2 is 1.96 bits per heavy atom. The lowest BCUT2D eigenvalue weighted by Gasteiger charge is -2.15. The molecule has 0 aliphatic carbocycles. The quantitative estimate of drug-likeness (QED) is 0.428. The lowest BCUT2D eigenvalue weighted by molar-refractivity contribution is -0.116. The number of nitrogens with zero attached hydrogens (tertiary/aromatic N) is 4. The van der Waals surface area contributed by atoms with Crippen molar-refractivity contribution >= 4 is 44.2 Å². The van der Waals surface area contributed by atoms with E-state index in [2.05, 4.69) is 20.5 Å². The molecule has 0 fully saturated rings. The molecule has 146 valence electrons. The van der Waals surface area contributed by atoms with Crippen LogP contribution in [0.1, 0.15) is 5.56 Å². The van der Waals surface area contributed by atoms with E-state index >= 15 is 0 Å². The number of aromatic nitrogens is 3. The molecule has 8 nitrogen and oxygen atoms in total. The lowest BCUT2D eigenvalue weighted by Crippen LogP contribution is -2.35. The molecule has 1 aromatic carbocycles. The zero-order valence-corrected chi connectivity index (χ0v) is 17.3. The van der Waals surface area contributed by atoms with Gasteiger partial charge < -0.3 is 0 Å². The van der Waals surface area contributed by atoms with E-state index < -0.39 is 15.9 Å². The maximum Gasteiger partial charge on any atom is 0.244 e. The molecule has 3 rings (SSSR count). The Labute approximate surface area is 171 Å². The second-order valence-electron chi connectivity index (χ2n) is 5.65. The van der Waals surface area contributed by atoms with Crippen LogP contribution in [0.3, 0.4) is 0 Å². The number of amides is 1. The molecule has 0 saturated carbocycles.